The molecule has 2 saturated heterocycles. The van der Waals surface area contributed by atoms with Crippen LogP contribution in [0, 0.1) is 5.92 Å². The van der Waals surface area contributed by atoms with E-state index in [1.54, 1.807) is 6.92 Å². The van der Waals surface area contributed by atoms with Crippen LogP contribution in [0.15, 0.2) is 24.3 Å². The summed E-state index contributed by atoms with van der Waals surface area (Å²) in [6.45, 7) is 7.15. The molecule has 2 fully saturated rings. The zero-order valence-electron chi connectivity index (χ0n) is 16.4. The lowest BCUT2D eigenvalue weighted by molar-refractivity contribution is -0.144. The van der Waals surface area contributed by atoms with Crippen molar-refractivity contribution >= 4 is 17.5 Å². The molecule has 0 radical (unpaired) electrons. The summed E-state index contributed by atoms with van der Waals surface area (Å²) in [6, 6.07) is 7.95. The molecule has 0 spiro atoms. The van der Waals surface area contributed by atoms with Crippen molar-refractivity contribution in [3.63, 3.8) is 0 Å². The number of hydrogen-bond donors (Lipinski definition) is 2. The van der Waals surface area contributed by atoms with Crippen molar-refractivity contribution in [1.29, 1.82) is 0 Å². The van der Waals surface area contributed by atoms with Crippen molar-refractivity contribution in [2.75, 3.05) is 38.0 Å². The van der Waals surface area contributed by atoms with Crippen LogP contribution in [-0.2, 0) is 16.0 Å². The number of nitrogens with zero attached hydrogens (tertiary/aromatic N) is 2. The lowest BCUT2D eigenvalue weighted by Crippen LogP contribution is -2.60. The molecule has 2 aliphatic rings. The Hall–Kier alpha value is -1.92. The summed E-state index contributed by atoms with van der Waals surface area (Å²) in [6.07, 6.45) is 2.78. The zero-order valence-corrected chi connectivity index (χ0v) is 16.4. The van der Waals surface area contributed by atoms with Gasteiger partial charge in [0.2, 0.25) is 11.8 Å². The summed E-state index contributed by atoms with van der Waals surface area (Å²) < 4.78 is 0. The van der Waals surface area contributed by atoms with E-state index in [1.807, 2.05) is 29.2 Å². The minimum absolute atomic E-state index is 0.00842. The van der Waals surface area contributed by atoms with E-state index >= 15 is 0 Å². The molecule has 2 heterocycles. The van der Waals surface area contributed by atoms with Gasteiger partial charge in [0.1, 0.15) is 0 Å². The molecule has 2 atom stereocenters. The molecule has 0 aliphatic carbocycles. The molecule has 0 saturated carbocycles. The zero-order chi connectivity index (χ0) is 19.4. The first-order valence-electron chi connectivity index (χ1n) is 9.98. The van der Waals surface area contributed by atoms with Gasteiger partial charge in [0.25, 0.3) is 0 Å². The average Bonchev–Trinajstić information content (AvgIpc) is 2.66. The number of aryl methyl sites for hydroxylation is 1. The average molecular weight is 373 g/mol. The van der Waals surface area contributed by atoms with Gasteiger partial charge in [0.05, 0.1) is 5.60 Å². The molecule has 2 N–H and O–H groups in total. The van der Waals surface area contributed by atoms with Gasteiger partial charge in [-0.2, -0.15) is 0 Å². The Morgan fingerprint density at radius 3 is 2.56 bits per heavy atom. The van der Waals surface area contributed by atoms with Gasteiger partial charge in [0.15, 0.2) is 0 Å². The van der Waals surface area contributed by atoms with E-state index in [9.17, 15) is 14.7 Å². The summed E-state index contributed by atoms with van der Waals surface area (Å²) in [4.78, 5) is 28.0. The van der Waals surface area contributed by atoms with Crippen LogP contribution < -0.4 is 5.32 Å². The Morgan fingerprint density at radius 1 is 1.19 bits per heavy atom. The normalized spacial score (nSPS) is 25.7. The number of carbonyl (C=O) groups excluding carboxylic acids is 2. The SMILES string of the molecule is CCc1ccc(NC(=O)CCN2CC[C@]3(O)CCN(C(C)=O)C[C@@H]3C2)cc1. The number of fused-ring (bicyclic) bond motifs is 1. The second-order valence-electron chi connectivity index (χ2n) is 7.91. The lowest BCUT2D eigenvalue weighted by atomic mass is 9.75. The summed E-state index contributed by atoms with van der Waals surface area (Å²) in [5, 5.41) is 13.8. The van der Waals surface area contributed by atoms with Gasteiger partial charge in [0, 0.05) is 57.7 Å². The maximum atomic E-state index is 12.3. The fraction of sp³-hybridized carbons (Fsp3) is 0.619. The Morgan fingerprint density at radius 2 is 1.89 bits per heavy atom. The third kappa shape index (κ3) is 4.87. The second-order valence-corrected chi connectivity index (χ2v) is 7.91. The van der Waals surface area contributed by atoms with Crippen LogP contribution in [0.2, 0.25) is 0 Å². The molecule has 6 nitrogen and oxygen atoms in total. The standard InChI is InChI=1S/C21H31N3O3/c1-3-17-4-6-19(7-5-17)22-20(26)8-11-23-12-9-21(27)10-13-24(16(2)25)15-18(21)14-23/h4-7,18,27H,3,8-15H2,1-2H3,(H,22,26)/t18-,21-/m0/s1. The van der Waals surface area contributed by atoms with Crippen molar-refractivity contribution < 1.29 is 14.7 Å². The van der Waals surface area contributed by atoms with Crippen LogP contribution in [-0.4, -0.2) is 65.0 Å². The fourth-order valence-corrected chi connectivity index (χ4v) is 4.17. The molecule has 3 rings (SSSR count). The smallest absolute Gasteiger partial charge is 0.225 e. The first-order chi connectivity index (χ1) is 12.9. The van der Waals surface area contributed by atoms with Crippen molar-refractivity contribution in [1.82, 2.24) is 9.80 Å². The number of benzene rings is 1. The molecule has 6 heteroatoms. The Balaban J connectivity index is 1.48. The minimum Gasteiger partial charge on any atom is -0.389 e. The van der Waals surface area contributed by atoms with Crippen LogP contribution in [0.4, 0.5) is 5.69 Å². The molecule has 1 aromatic carbocycles. The highest BCUT2D eigenvalue weighted by atomic mass is 16.3. The number of rotatable bonds is 5. The van der Waals surface area contributed by atoms with Crippen molar-refractivity contribution in [2.24, 2.45) is 5.92 Å². The summed E-state index contributed by atoms with van der Waals surface area (Å²) in [7, 11) is 0. The number of carbonyl (C=O) groups is 2. The highest BCUT2D eigenvalue weighted by molar-refractivity contribution is 5.90. The third-order valence-corrected chi connectivity index (χ3v) is 6.10. The first-order valence-corrected chi connectivity index (χ1v) is 9.98. The van der Waals surface area contributed by atoms with Crippen LogP contribution >= 0.6 is 0 Å². The molecular weight excluding hydrogens is 342 g/mol. The van der Waals surface area contributed by atoms with Crippen LogP contribution in [0.3, 0.4) is 0 Å². The van der Waals surface area contributed by atoms with E-state index in [-0.39, 0.29) is 17.7 Å². The molecule has 0 aromatic heterocycles. The minimum atomic E-state index is -0.661. The van der Waals surface area contributed by atoms with E-state index in [0.717, 1.165) is 25.2 Å². The van der Waals surface area contributed by atoms with E-state index in [0.29, 0.717) is 38.9 Å². The second kappa shape index (κ2) is 8.40. The largest absolute Gasteiger partial charge is 0.389 e. The highest BCUT2D eigenvalue weighted by Gasteiger charge is 2.45. The van der Waals surface area contributed by atoms with Gasteiger partial charge in [-0.15, -0.1) is 0 Å². The number of piperidine rings is 2. The van der Waals surface area contributed by atoms with E-state index in [4.69, 9.17) is 0 Å². The van der Waals surface area contributed by atoms with Gasteiger partial charge < -0.3 is 20.2 Å². The number of nitrogens with one attached hydrogen (secondary N) is 1. The molecule has 2 aliphatic heterocycles. The summed E-state index contributed by atoms with van der Waals surface area (Å²) >= 11 is 0. The molecule has 148 valence electrons. The van der Waals surface area contributed by atoms with Gasteiger partial charge >= 0.3 is 0 Å². The number of likely N-dealkylation sites (tertiary alicyclic amines) is 2. The fourth-order valence-electron chi connectivity index (χ4n) is 4.17. The van der Waals surface area contributed by atoms with Gasteiger partial charge in [-0.05, 0) is 37.0 Å². The molecule has 27 heavy (non-hydrogen) atoms. The van der Waals surface area contributed by atoms with E-state index in [1.165, 1.54) is 5.56 Å². The van der Waals surface area contributed by atoms with E-state index in [2.05, 4.69) is 17.1 Å². The quantitative estimate of drug-likeness (QED) is 0.827. The van der Waals surface area contributed by atoms with E-state index < -0.39 is 5.60 Å². The number of anilines is 1. The van der Waals surface area contributed by atoms with Crippen LogP contribution in [0.1, 0.15) is 38.7 Å². The predicted molar refractivity (Wildman–Crippen MR) is 105 cm³/mol. The first kappa shape index (κ1) is 19.8. The monoisotopic (exact) mass is 373 g/mol. The van der Waals surface area contributed by atoms with Gasteiger partial charge in [-0.1, -0.05) is 19.1 Å². The van der Waals surface area contributed by atoms with Gasteiger partial charge in [-0.25, -0.2) is 0 Å². The van der Waals surface area contributed by atoms with Crippen molar-refractivity contribution in [3.8, 4) is 0 Å². The number of aliphatic hydroxyl groups is 1. The highest BCUT2D eigenvalue weighted by Crippen LogP contribution is 2.35. The van der Waals surface area contributed by atoms with Crippen LogP contribution in [0.5, 0.6) is 0 Å². The molecule has 1 aromatic rings. The van der Waals surface area contributed by atoms with Crippen molar-refractivity contribution in [2.45, 2.75) is 45.1 Å². The van der Waals surface area contributed by atoms with Gasteiger partial charge in [-0.3, -0.25) is 9.59 Å². The topological polar surface area (TPSA) is 72.9 Å². The molecule has 0 unspecified atom stereocenters. The molecule has 0 bridgehead atoms. The Bertz CT molecular complexity index is 676. The Labute approximate surface area is 161 Å². The Kier molecular flexibility index (Phi) is 6.17. The lowest BCUT2D eigenvalue weighted by Gasteiger charge is -2.50. The number of hydrogen-bond acceptors (Lipinski definition) is 4. The summed E-state index contributed by atoms with van der Waals surface area (Å²) in [5.41, 5.74) is 1.42. The molecular formula is C21H31N3O3. The molecule has 2 amide bonds. The number of amides is 2. The maximum absolute atomic E-state index is 12.3. The summed E-state index contributed by atoms with van der Waals surface area (Å²) in [5.74, 6) is 0.144. The third-order valence-electron chi connectivity index (χ3n) is 6.10. The maximum Gasteiger partial charge on any atom is 0.225 e. The van der Waals surface area contributed by atoms with Crippen LogP contribution in [0.25, 0.3) is 0 Å². The van der Waals surface area contributed by atoms with Crippen molar-refractivity contribution in [3.05, 3.63) is 29.8 Å². The predicted octanol–water partition coefficient (Wildman–Crippen LogP) is 1.88.